The predicted octanol–water partition coefficient (Wildman–Crippen LogP) is 2.70. The molecule has 0 atom stereocenters. The van der Waals surface area contributed by atoms with E-state index in [1.165, 1.54) is 0 Å². The van der Waals surface area contributed by atoms with Crippen molar-refractivity contribution in [3.05, 3.63) is 52.9 Å². The second kappa shape index (κ2) is 9.31. The molecular weight excluding hydrogens is 400 g/mol. The first-order chi connectivity index (χ1) is 14.8. The number of carbonyl (C=O) groups is 1. The first-order valence-electron chi connectivity index (χ1n) is 9.64. The lowest BCUT2D eigenvalue weighted by Crippen LogP contribution is -2.11. The van der Waals surface area contributed by atoms with Crippen molar-refractivity contribution in [2.45, 2.75) is 19.9 Å². The van der Waals surface area contributed by atoms with E-state index in [0.29, 0.717) is 41.1 Å². The summed E-state index contributed by atoms with van der Waals surface area (Å²) in [5, 5.41) is 18.1. The number of benzene rings is 2. The number of nitrogens with zero attached hydrogens (tertiary/aromatic N) is 2. The third kappa shape index (κ3) is 4.84. The highest BCUT2D eigenvalue weighted by molar-refractivity contribution is 5.96. The van der Waals surface area contributed by atoms with Crippen LogP contribution >= 0.6 is 0 Å². The molecule has 0 bridgehead atoms. The molecule has 0 saturated carbocycles. The summed E-state index contributed by atoms with van der Waals surface area (Å²) in [6.07, 6.45) is 2.68. The lowest BCUT2D eigenvalue weighted by molar-refractivity contribution is -0.134. The van der Waals surface area contributed by atoms with E-state index in [2.05, 4.69) is 9.97 Å². The first kappa shape index (κ1) is 21.8. The summed E-state index contributed by atoms with van der Waals surface area (Å²) < 4.78 is 7.25. The molecule has 0 radical (unpaired) electrons. The van der Waals surface area contributed by atoms with E-state index in [9.17, 15) is 9.90 Å². The number of hydrogen-bond acceptors (Lipinski definition) is 6. The Hall–Kier alpha value is -3.85. The Kier molecular flexibility index (Phi) is 6.56. The number of aromatic amines is 1. The van der Waals surface area contributed by atoms with Crippen LogP contribution in [0.5, 0.6) is 11.5 Å². The molecule has 5 N–H and O–H groups in total. The number of hydrogen-bond donors (Lipinski definition) is 4. The number of H-pyrrole nitrogens is 1. The van der Waals surface area contributed by atoms with E-state index < -0.39 is 5.97 Å². The fourth-order valence-corrected chi connectivity index (χ4v) is 3.29. The van der Waals surface area contributed by atoms with Crippen molar-refractivity contribution in [2.24, 2.45) is 5.73 Å². The molecular formula is C22H24N4O5. The molecule has 4 rings (SSSR count). The van der Waals surface area contributed by atoms with Gasteiger partial charge in [-0.2, -0.15) is 0 Å². The number of aromatic hydroxyl groups is 1. The van der Waals surface area contributed by atoms with Crippen molar-refractivity contribution in [1.29, 1.82) is 0 Å². The highest BCUT2D eigenvalue weighted by Gasteiger charge is 2.16. The van der Waals surface area contributed by atoms with E-state index in [1.54, 1.807) is 43.5 Å². The van der Waals surface area contributed by atoms with E-state index in [-0.39, 0.29) is 11.3 Å². The smallest absolute Gasteiger partial charge is 0.300 e. The molecule has 2 heterocycles. The minimum atomic E-state index is -0.833. The van der Waals surface area contributed by atoms with Gasteiger partial charge in [-0.3, -0.25) is 9.59 Å². The summed E-state index contributed by atoms with van der Waals surface area (Å²) in [5.74, 6) is 0.00885. The second-order valence-electron chi connectivity index (χ2n) is 6.90. The van der Waals surface area contributed by atoms with E-state index >= 15 is 0 Å². The molecule has 162 valence electrons. The van der Waals surface area contributed by atoms with Crippen molar-refractivity contribution < 1.29 is 19.7 Å². The van der Waals surface area contributed by atoms with E-state index in [4.69, 9.17) is 20.4 Å². The molecule has 2 aromatic heterocycles. The lowest BCUT2D eigenvalue weighted by Gasteiger charge is -2.04. The Morgan fingerprint density at radius 2 is 2.00 bits per heavy atom. The molecule has 0 aliphatic heterocycles. The number of methoxy groups -OCH3 is 1. The van der Waals surface area contributed by atoms with Crippen LogP contribution in [-0.4, -0.2) is 44.4 Å². The maximum Gasteiger partial charge on any atom is 0.300 e. The van der Waals surface area contributed by atoms with Crippen LogP contribution in [0, 0.1) is 0 Å². The zero-order valence-corrected chi connectivity index (χ0v) is 17.3. The second-order valence-corrected chi connectivity index (χ2v) is 6.90. The van der Waals surface area contributed by atoms with Gasteiger partial charge in [0.1, 0.15) is 17.2 Å². The van der Waals surface area contributed by atoms with Crippen molar-refractivity contribution >= 4 is 27.9 Å². The Balaban J connectivity index is 0.000000628. The summed E-state index contributed by atoms with van der Waals surface area (Å²) in [4.78, 5) is 29.2. The van der Waals surface area contributed by atoms with Gasteiger partial charge in [0, 0.05) is 42.7 Å². The van der Waals surface area contributed by atoms with Gasteiger partial charge in [-0.1, -0.05) is 0 Å². The van der Waals surface area contributed by atoms with Crippen molar-refractivity contribution in [1.82, 2.24) is 14.5 Å². The number of rotatable bonds is 5. The van der Waals surface area contributed by atoms with Crippen LogP contribution in [-0.2, 0) is 11.3 Å². The largest absolute Gasteiger partial charge is 0.508 e. The summed E-state index contributed by atoms with van der Waals surface area (Å²) >= 11 is 0. The third-order valence-electron chi connectivity index (χ3n) is 4.62. The number of aryl methyl sites for hydroxylation is 1. The number of carboxylic acids is 1. The fraction of sp³-hybridized carbons (Fsp3) is 0.227. The van der Waals surface area contributed by atoms with Crippen LogP contribution < -0.4 is 16.0 Å². The van der Waals surface area contributed by atoms with Gasteiger partial charge in [0.05, 0.1) is 23.7 Å². The molecule has 0 saturated heterocycles. The zero-order chi connectivity index (χ0) is 22.5. The molecule has 0 unspecified atom stereocenters. The number of phenolic OH excluding ortho intramolecular Hbond substituents is 1. The van der Waals surface area contributed by atoms with Crippen LogP contribution in [0.4, 0.5) is 0 Å². The van der Waals surface area contributed by atoms with Gasteiger partial charge in [-0.05, 0) is 37.2 Å². The third-order valence-corrected chi connectivity index (χ3v) is 4.62. The molecule has 0 aliphatic rings. The molecule has 0 spiro atoms. The first-order valence-corrected chi connectivity index (χ1v) is 9.64. The van der Waals surface area contributed by atoms with Gasteiger partial charge in [-0.15, -0.1) is 0 Å². The average Bonchev–Trinajstić information content (AvgIpc) is 3.08. The molecule has 2 aromatic carbocycles. The van der Waals surface area contributed by atoms with Crippen LogP contribution in [0.15, 0.2) is 47.4 Å². The van der Waals surface area contributed by atoms with E-state index in [0.717, 1.165) is 24.2 Å². The van der Waals surface area contributed by atoms with Gasteiger partial charge < -0.3 is 30.2 Å². The molecule has 9 nitrogen and oxygen atoms in total. The zero-order valence-electron chi connectivity index (χ0n) is 17.3. The number of ether oxygens (including phenoxy) is 1. The van der Waals surface area contributed by atoms with Gasteiger partial charge in [-0.25, -0.2) is 4.98 Å². The number of carboxylic acid groups (broad SMARTS) is 1. The SMILES string of the molecule is CC(=O)O.COc1ccc2[nH]c(=O)c(-c3cn(CCCN)c4cc(O)ccc34)nc2c1. The van der Waals surface area contributed by atoms with E-state index in [1.807, 2.05) is 10.8 Å². The Bertz CT molecular complexity index is 1290. The number of phenols is 1. The number of aliphatic carboxylic acids is 1. The van der Waals surface area contributed by atoms with Crippen LogP contribution in [0.1, 0.15) is 13.3 Å². The molecule has 31 heavy (non-hydrogen) atoms. The Morgan fingerprint density at radius 1 is 1.26 bits per heavy atom. The normalized spacial score (nSPS) is 10.7. The number of nitrogens with one attached hydrogen (secondary N) is 1. The lowest BCUT2D eigenvalue weighted by atomic mass is 10.1. The van der Waals surface area contributed by atoms with Crippen LogP contribution in [0.3, 0.4) is 0 Å². The quantitative estimate of drug-likeness (QED) is 0.386. The van der Waals surface area contributed by atoms with Gasteiger partial charge in [0.2, 0.25) is 0 Å². The van der Waals surface area contributed by atoms with Gasteiger partial charge in [0.15, 0.2) is 0 Å². The minimum Gasteiger partial charge on any atom is -0.508 e. The van der Waals surface area contributed by atoms with Crippen LogP contribution in [0.2, 0.25) is 0 Å². The van der Waals surface area contributed by atoms with Crippen molar-refractivity contribution in [3.8, 4) is 22.8 Å². The van der Waals surface area contributed by atoms with Crippen LogP contribution in [0.25, 0.3) is 33.2 Å². The monoisotopic (exact) mass is 424 g/mol. The summed E-state index contributed by atoms with van der Waals surface area (Å²) in [7, 11) is 1.59. The minimum absolute atomic E-state index is 0.172. The highest BCUT2D eigenvalue weighted by atomic mass is 16.5. The van der Waals surface area contributed by atoms with Gasteiger partial charge >= 0.3 is 0 Å². The summed E-state index contributed by atoms with van der Waals surface area (Å²) in [5.41, 5.74) is 8.55. The average molecular weight is 424 g/mol. The molecule has 0 amide bonds. The number of fused-ring (bicyclic) bond motifs is 2. The summed E-state index contributed by atoms with van der Waals surface area (Å²) in [6.45, 7) is 2.33. The summed E-state index contributed by atoms with van der Waals surface area (Å²) in [6, 6.07) is 10.4. The van der Waals surface area contributed by atoms with Crippen molar-refractivity contribution in [3.63, 3.8) is 0 Å². The number of nitrogens with two attached hydrogens (primary N) is 1. The predicted molar refractivity (Wildman–Crippen MR) is 118 cm³/mol. The standard InChI is InChI=1S/C20H20N4O3.C2H4O2/c1-27-13-4-6-16-17(10-13)22-19(20(26)23-16)15-11-24(8-2-7-21)18-9-12(25)3-5-14(15)18;1-2(3)4/h3-6,9-11,25H,2,7-8,21H2,1H3,(H,23,26);1H3,(H,3,4). The topological polar surface area (TPSA) is 143 Å². The van der Waals surface area contributed by atoms with Gasteiger partial charge in [0.25, 0.3) is 11.5 Å². The Morgan fingerprint density at radius 3 is 2.68 bits per heavy atom. The highest BCUT2D eigenvalue weighted by Crippen LogP contribution is 2.31. The molecule has 9 heteroatoms. The molecule has 0 aliphatic carbocycles. The molecule has 0 fully saturated rings. The fourth-order valence-electron chi connectivity index (χ4n) is 3.29. The van der Waals surface area contributed by atoms with Crippen molar-refractivity contribution in [2.75, 3.05) is 13.7 Å². The maximum atomic E-state index is 12.7. The maximum absolute atomic E-state index is 12.7. The Labute approximate surface area is 177 Å². The molecule has 4 aromatic rings. The number of aromatic nitrogens is 3.